The lowest BCUT2D eigenvalue weighted by Gasteiger charge is -2.27. The first-order chi connectivity index (χ1) is 16.9. The van der Waals surface area contributed by atoms with Crippen LogP contribution in [0.25, 0.3) is 16.6 Å². The van der Waals surface area contributed by atoms with Crippen LogP contribution in [0.5, 0.6) is 0 Å². The van der Waals surface area contributed by atoms with Crippen LogP contribution in [0.2, 0.25) is 0 Å². The minimum absolute atomic E-state index is 0.235. The third kappa shape index (κ3) is 4.72. The van der Waals surface area contributed by atoms with E-state index in [4.69, 9.17) is 10.5 Å². The number of nitrogens with zero attached hydrogens (tertiary/aromatic N) is 2. The number of aromatic amines is 1. The van der Waals surface area contributed by atoms with Gasteiger partial charge in [-0.2, -0.15) is 0 Å². The molecule has 4 rings (SSSR count). The Hall–Kier alpha value is -4.40. The number of ether oxygens (including phenoxy) is 1. The Labute approximate surface area is 206 Å². The first-order valence-electron chi connectivity index (χ1n) is 11.3. The van der Waals surface area contributed by atoms with Gasteiger partial charge in [0.15, 0.2) is 0 Å². The number of benzene rings is 3. The van der Waals surface area contributed by atoms with Crippen LogP contribution in [0.3, 0.4) is 0 Å². The highest BCUT2D eigenvalue weighted by molar-refractivity contribution is 5.98. The van der Waals surface area contributed by atoms with E-state index in [2.05, 4.69) is 4.98 Å². The van der Waals surface area contributed by atoms with Gasteiger partial charge < -0.3 is 15.5 Å². The Morgan fingerprint density at radius 1 is 0.972 bits per heavy atom. The monoisotopic (exact) mass is 490 g/mol. The molecule has 1 heterocycles. The summed E-state index contributed by atoms with van der Waals surface area (Å²) in [5, 5.41) is 0.244. The van der Waals surface area contributed by atoms with Gasteiger partial charge in [0.2, 0.25) is 0 Å². The lowest BCUT2D eigenvalue weighted by Crippen LogP contribution is -2.35. The average Bonchev–Trinajstić information content (AvgIpc) is 2.77. The molecule has 0 spiro atoms. The van der Waals surface area contributed by atoms with Gasteiger partial charge in [-0.1, -0.05) is 0 Å². The fourth-order valence-electron chi connectivity index (χ4n) is 3.92. The number of amides is 1. The van der Waals surface area contributed by atoms with Crippen molar-refractivity contribution in [2.24, 2.45) is 0 Å². The summed E-state index contributed by atoms with van der Waals surface area (Å²) < 4.78 is 20.2. The molecule has 3 aromatic carbocycles. The Kier molecular flexibility index (Phi) is 6.17. The topological polar surface area (TPSA) is 110 Å². The highest BCUT2D eigenvalue weighted by atomic mass is 19.1. The van der Waals surface area contributed by atoms with Gasteiger partial charge in [-0.15, -0.1) is 0 Å². The van der Waals surface area contributed by atoms with Gasteiger partial charge in [0.25, 0.3) is 5.56 Å². The Bertz CT molecular complexity index is 1570. The Morgan fingerprint density at radius 2 is 1.56 bits per heavy atom. The summed E-state index contributed by atoms with van der Waals surface area (Å²) in [6.07, 6.45) is -0.697. The maximum absolute atomic E-state index is 13.6. The average molecular weight is 491 g/mol. The van der Waals surface area contributed by atoms with E-state index >= 15 is 0 Å². The van der Waals surface area contributed by atoms with Crippen LogP contribution >= 0.6 is 0 Å². The first-order valence-corrected chi connectivity index (χ1v) is 11.3. The zero-order chi connectivity index (χ0) is 26.4. The molecule has 0 saturated heterocycles. The minimum Gasteiger partial charge on any atom is -0.443 e. The molecule has 8 nitrogen and oxygen atoms in total. The van der Waals surface area contributed by atoms with Crippen molar-refractivity contribution in [1.82, 2.24) is 9.55 Å². The number of hydrogen-bond acceptors (Lipinski definition) is 5. The molecule has 1 amide bonds. The summed E-state index contributed by atoms with van der Waals surface area (Å²) in [4.78, 5) is 43.4. The molecule has 0 bridgehead atoms. The molecule has 0 unspecified atom stereocenters. The fourth-order valence-corrected chi connectivity index (χ4v) is 3.92. The molecule has 0 fully saturated rings. The zero-order valence-corrected chi connectivity index (χ0v) is 20.7. The van der Waals surface area contributed by atoms with E-state index in [1.807, 2.05) is 0 Å². The lowest BCUT2D eigenvalue weighted by molar-refractivity contribution is 0.0599. The van der Waals surface area contributed by atoms with E-state index in [1.54, 1.807) is 52.8 Å². The molecule has 0 saturated carbocycles. The van der Waals surface area contributed by atoms with Crippen LogP contribution in [0.1, 0.15) is 31.9 Å². The molecule has 36 heavy (non-hydrogen) atoms. The highest BCUT2D eigenvalue weighted by Gasteiger charge is 2.26. The van der Waals surface area contributed by atoms with E-state index in [9.17, 15) is 18.8 Å². The largest absolute Gasteiger partial charge is 0.443 e. The SMILES string of the molecule is Cc1cc(-n2c(=O)[nH]c3cc(N(C(=O)OC(C)(C)C)c4ccc(F)cc4)ccc3c2=O)cc(C)c1N. The van der Waals surface area contributed by atoms with Crippen molar-refractivity contribution in [3.8, 4) is 5.69 Å². The number of anilines is 3. The normalized spacial score (nSPS) is 11.5. The summed E-state index contributed by atoms with van der Waals surface area (Å²) in [6.45, 7) is 8.80. The lowest BCUT2D eigenvalue weighted by atomic mass is 10.1. The van der Waals surface area contributed by atoms with Gasteiger partial charge in [-0.3, -0.25) is 4.79 Å². The van der Waals surface area contributed by atoms with Crippen molar-refractivity contribution >= 4 is 34.1 Å². The number of rotatable bonds is 3. The zero-order valence-electron chi connectivity index (χ0n) is 20.7. The molecule has 4 aromatic rings. The molecule has 0 atom stereocenters. The van der Waals surface area contributed by atoms with Crippen molar-refractivity contribution in [3.05, 3.63) is 92.4 Å². The summed E-state index contributed by atoms with van der Waals surface area (Å²) in [7, 11) is 0. The van der Waals surface area contributed by atoms with Crippen LogP contribution < -0.4 is 21.9 Å². The van der Waals surface area contributed by atoms with Crippen molar-refractivity contribution < 1.29 is 13.9 Å². The molecule has 0 aliphatic carbocycles. The van der Waals surface area contributed by atoms with E-state index in [0.29, 0.717) is 22.7 Å². The van der Waals surface area contributed by atoms with Gasteiger partial charge in [0, 0.05) is 5.69 Å². The van der Waals surface area contributed by atoms with Gasteiger partial charge in [0.1, 0.15) is 11.4 Å². The van der Waals surface area contributed by atoms with Gasteiger partial charge in [0.05, 0.1) is 28.0 Å². The Morgan fingerprint density at radius 3 is 2.14 bits per heavy atom. The van der Waals surface area contributed by atoms with Gasteiger partial charge in [-0.05, 0) is 100 Å². The quantitative estimate of drug-likeness (QED) is 0.389. The second kappa shape index (κ2) is 8.99. The number of carbonyl (C=O) groups excluding carboxylic acids is 1. The standard InChI is InChI=1S/C27H27FN4O4/c1-15-12-20(13-16(2)23(15)29)32-24(33)21-11-10-19(14-22(21)30-25(32)34)31(26(35)36-27(3,4)5)18-8-6-17(28)7-9-18/h6-14H,29H2,1-5H3,(H,30,34). The molecule has 9 heteroatoms. The summed E-state index contributed by atoms with van der Waals surface area (Å²) >= 11 is 0. The molecule has 0 aliphatic heterocycles. The number of fused-ring (bicyclic) bond motifs is 1. The second-order valence-electron chi connectivity index (χ2n) is 9.59. The van der Waals surface area contributed by atoms with E-state index in [1.165, 1.54) is 41.3 Å². The molecule has 186 valence electrons. The third-order valence-electron chi connectivity index (χ3n) is 5.64. The number of nitrogen functional groups attached to an aromatic ring is 1. The number of halogens is 1. The molecule has 3 N–H and O–H groups in total. The number of aryl methyl sites for hydroxylation is 2. The van der Waals surface area contributed by atoms with Crippen molar-refractivity contribution in [2.75, 3.05) is 10.6 Å². The van der Waals surface area contributed by atoms with E-state index < -0.39 is 28.8 Å². The van der Waals surface area contributed by atoms with E-state index in [-0.39, 0.29) is 10.9 Å². The summed E-state index contributed by atoms with van der Waals surface area (Å²) in [6, 6.07) is 13.3. The number of H-pyrrole nitrogens is 1. The number of carbonyl (C=O) groups is 1. The van der Waals surface area contributed by atoms with Gasteiger partial charge >= 0.3 is 11.8 Å². The summed E-state index contributed by atoms with van der Waals surface area (Å²) in [5.41, 5.74) is 7.49. The first kappa shape index (κ1) is 24.7. The van der Waals surface area contributed by atoms with Crippen LogP contribution in [0.4, 0.5) is 26.2 Å². The Balaban J connectivity index is 1.88. The molecule has 0 radical (unpaired) electrons. The summed E-state index contributed by atoms with van der Waals surface area (Å²) in [5.74, 6) is -0.459. The molecule has 0 aliphatic rings. The highest BCUT2D eigenvalue weighted by Crippen LogP contribution is 2.30. The molecule has 1 aromatic heterocycles. The number of nitrogens with one attached hydrogen (secondary N) is 1. The number of aromatic nitrogens is 2. The van der Waals surface area contributed by atoms with Crippen LogP contribution in [0, 0.1) is 19.7 Å². The molecular weight excluding hydrogens is 463 g/mol. The number of nitrogens with two attached hydrogens (primary N) is 1. The van der Waals surface area contributed by atoms with Crippen molar-refractivity contribution in [3.63, 3.8) is 0 Å². The predicted molar refractivity (Wildman–Crippen MR) is 139 cm³/mol. The minimum atomic E-state index is -0.788. The molecular formula is C27H27FN4O4. The van der Waals surface area contributed by atoms with Crippen LogP contribution in [0.15, 0.2) is 64.2 Å². The number of hydrogen-bond donors (Lipinski definition) is 2. The van der Waals surface area contributed by atoms with Crippen molar-refractivity contribution in [1.29, 1.82) is 0 Å². The van der Waals surface area contributed by atoms with E-state index in [0.717, 1.165) is 15.7 Å². The van der Waals surface area contributed by atoms with Crippen molar-refractivity contribution in [2.45, 2.75) is 40.2 Å². The van der Waals surface area contributed by atoms with Crippen LogP contribution in [-0.4, -0.2) is 21.2 Å². The third-order valence-corrected chi connectivity index (χ3v) is 5.64. The maximum atomic E-state index is 13.6. The van der Waals surface area contributed by atoms with Gasteiger partial charge in [-0.25, -0.2) is 23.4 Å². The predicted octanol–water partition coefficient (Wildman–Crippen LogP) is 5.09. The maximum Gasteiger partial charge on any atom is 0.419 e. The van der Waals surface area contributed by atoms with Crippen LogP contribution in [-0.2, 0) is 4.74 Å². The second-order valence-corrected chi connectivity index (χ2v) is 9.59. The smallest absolute Gasteiger partial charge is 0.419 e. The fraction of sp³-hybridized carbons (Fsp3) is 0.222.